The maximum atomic E-state index is 12.9. The lowest BCUT2D eigenvalue weighted by atomic mass is 9.74. The molecule has 0 aromatic heterocycles. The highest BCUT2D eigenvalue weighted by Gasteiger charge is 2.41. The molecule has 2 heterocycles. The minimum absolute atomic E-state index is 0.137. The van der Waals surface area contributed by atoms with Crippen molar-refractivity contribution in [1.82, 2.24) is 9.80 Å². The van der Waals surface area contributed by atoms with E-state index in [1.165, 1.54) is 5.56 Å². The SMILES string of the molecule is COCCC1(C(N)=O)CCN(C2CCN(C(=O)c3ccc(C)c(C)c3)CC2)CC1. The van der Waals surface area contributed by atoms with Gasteiger partial charge in [0.15, 0.2) is 0 Å². The Hall–Kier alpha value is -1.92. The summed E-state index contributed by atoms with van der Waals surface area (Å²) in [5.74, 6) is -0.0551. The number of hydrogen-bond acceptors (Lipinski definition) is 4. The van der Waals surface area contributed by atoms with Gasteiger partial charge in [0.25, 0.3) is 5.91 Å². The highest BCUT2D eigenvalue weighted by Crippen LogP contribution is 2.36. The van der Waals surface area contributed by atoms with E-state index in [4.69, 9.17) is 10.5 Å². The van der Waals surface area contributed by atoms with Crippen LogP contribution >= 0.6 is 0 Å². The van der Waals surface area contributed by atoms with E-state index in [-0.39, 0.29) is 11.8 Å². The average Bonchev–Trinajstić information content (AvgIpc) is 2.74. The number of aryl methyl sites for hydroxylation is 2. The molecule has 1 aromatic carbocycles. The number of methoxy groups -OCH3 is 1. The van der Waals surface area contributed by atoms with Crippen LogP contribution in [0.4, 0.5) is 0 Å². The predicted molar refractivity (Wildman–Crippen MR) is 114 cm³/mol. The molecule has 6 nitrogen and oxygen atoms in total. The number of carbonyl (C=O) groups excluding carboxylic acids is 2. The molecule has 0 atom stereocenters. The second kappa shape index (κ2) is 9.26. The quantitative estimate of drug-likeness (QED) is 0.795. The second-order valence-corrected chi connectivity index (χ2v) is 8.75. The van der Waals surface area contributed by atoms with Gasteiger partial charge in [-0.15, -0.1) is 0 Å². The van der Waals surface area contributed by atoms with E-state index >= 15 is 0 Å². The number of nitrogens with zero attached hydrogens (tertiary/aromatic N) is 2. The Morgan fingerprint density at radius 1 is 1.10 bits per heavy atom. The number of likely N-dealkylation sites (tertiary alicyclic amines) is 2. The van der Waals surface area contributed by atoms with Crippen molar-refractivity contribution in [3.8, 4) is 0 Å². The van der Waals surface area contributed by atoms with Crippen LogP contribution in [0.3, 0.4) is 0 Å². The molecule has 160 valence electrons. The van der Waals surface area contributed by atoms with E-state index < -0.39 is 5.41 Å². The van der Waals surface area contributed by atoms with Gasteiger partial charge in [0.05, 0.1) is 5.41 Å². The third kappa shape index (κ3) is 4.81. The van der Waals surface area contributed by atoms with Crippen LogP contribution in [0.25, 0.3) is 0 Å². The van der Waals surface area contributed by atoms with Crippen LogP contribution in [0, 0.1) is 19.3 Å². The third-order valence-corrected chi connectivity index (χ3v) is 7.08. The Bertz CT molecular complexity index is 733. The van der Waals surface area contributed by atoms with Gasteiger partial charge in [0.1, 0.15) is 0 Å². The molecular weight excluding hydrogens is 366 g/mol. The summed E-state index contributed by atoms with van der Waals surface area (Å²) in [6, 6.07) is 6.44. The summed E-state index contributed by atoms with van der Waals surface area (Å²) < 4.78 is 5.19. The van der Waals surface area contributed by atoms with Gasteiger partial charge in [-0.25, -0.2) is 0 Å². The summed E-state index contributed by atoms with van der Waals surface area (Å²) in [5.41, 5.74) is 8.47. The third-order valence-electron chi connectivity index (χ3n) is 7.08. The molecule has 0 spiro atoms. The van der Waals surface area contributed by atoms with Gasteiger partial charge in [0.2, 0.25) is 5.91 Å². The first kappa shape index (κ1) is 21.8. The summed E-state index contributed by atoms with van der Waals surface area (Å²) >= 11 is 0. The Balaban J connectivity index is 1.53. The number of rotatable bonds is 6. The molecule has 2 saturated heterocycles. The molecule has 29 heavy (non-hydrogen) atoms. The maximum Gasteiger partial charge on any atom is 0.253 e. The van der Waals surface area contributed by atoms with Crippen LogP contribution in [-0.4, -0.2) is 67.6 Å². The largest absolute Gasteiger partial charge is 0.385 e. The fraction of sp³-hybridized carbons (Fsp3) is 0.652. The van der Waals surface area contributed by atoms with E-state index in [1.54, 1.807) is 7.11 Å². The summed E-state index contributed by atoms with van der Waals surface area (Å²) in [7, 11) is 1.66. The number of nitrogens with two attached hydrogens (primary N) is 1. The lowest BCUT2D eigenvalue weighted by Gasteiger charge is -2.45. The van der Waals surface area contributed by atoms with Gasteiger partial charge in [-0.3, -0.25) is 9.59 Å². The number of benzene rings is 1. The fourth-order valence-corrected chi connectivity index (χ4v) is 4.73. The minimum atomic E-state index is -0.424. The molecule has 0 aliphatic carbocycles. The molecule has 1 aromatic rings. The van der Waals surface area contributed by atoms with Crippen molar-refractivity contribution < 1.29 is 14.3 Å². The number of piperidine rings is 2. The van der Waals surface area contributed by atoms with Crippen LogP contribution < -0.4 is 5.73 Å². The number of ether oxygens (including phenoxy) is 1. The monoisotopic (exact) mass is 401 g/mol. The summed E-state index contributed by atoms with van der Waals surface area (Å²) in [4.78, 5) is 29.4. The lowest BCUT2D eigenvalue weighted by Crippen LogP contribution is -2.53. The zero-order valence-electron chi connectivity index (χ0n) is 18.1. The van der Waals surface area contributed by atoms with Gasteiger partial charge in [0, 0.05) is 38.4 Å². The maximum absolute atomic E-state index is 12.9. The van der Waals surface area contributed by atoms with Gasteiger partial charge >= 0.3 is 0 Å². The second-order valence-electron chi connectivity index (χ2n) is 8.75. The molecule has 0 radical (unpaired) electrons. The van der Waals surface area contributed by atoms with Crippen LogP contribution in [0.15, 0.2) is 18.2 Å². The predicted octanol–water partition coefficient (Wildman–Crippen LogP) is 2.51. The first-order chi connectivity index (χ1) is 13.9. The van der Waals surface area contributed by atoms with Crippen LogP contribution in [0.1, 0.15) is 53.6 Å². The smallest absolute Gasteiger partial charge is 0.253 e. The molecule has 2 aliphatic rings. The molecule has 2 amide bonds. The number of carbonyl (C=O) groups is 2. The Kier molecular flexibility index (Phi) is 6.96. The van der Waals surface area contributed by atoms with E-state index in [2.05, 4.69) is 11.8 Å². The Morgan fingerprint density at radius 2 is 1.76 bits per heavy atom. The molecule has 3 rings (SSSR count). The van der Waals surface area contributed by atoms with E-state index in [1.807, 2.05) is 30.0 Å². The van der Waals surface area contributed by atoms with E-state index in [0.717, 1.165) is 63.0 Å². The highest BCUT2D eigenvalue weighted by molar-refractivity contribution is 5.94. The summed E-state index contributed by atoms with van der Waals surface area (Å²) in [6.07, 6.45) is 4.27. The minimum Gasteiger partial charge on any atom is -0.385 e. The lowest BCUT2D eigenvalue weighted by molar-refractivity contribution is -0.132. The zero-order valence-corrected chi connectivity index (χ0v) is 18.1. The molecule has 0 bridgehead atoms. The number of hydrogen-bond donors (Lipinski definition) is 1. The molecular formula is C23H35N3O3. The van der Waals surface area contributed by atoms with Gasteiger partial charge in [-0.1, -0.05) is 6.07 Å². The topological polar surface area (TPSA) is 75.9 Å². The van der Waals surface area contributed by atoms with E-state index in [9.17, 15) is 9.59 Å². The molecule has 6 heteroatoms. The van der Waals surface area contributed by atoms with Crippen molar-refractivity contribution in [2.24, 2.45) is 11.1 Å². The van der Waals surface area contributed by atoms with Crippen LogP contribution in [-0.2, 0) is 9.53 Å². The van der Waals surface area contributed by atoms with Crippen LogP contribution in [0.2, 0.25) is 0 Å². The summed E-state index contributed by atoms with van der Waals surface area (Å²) in [5, 5.41) is 0. The van der Waals surface area contributed by atoms with Crippen molar-refractivity contribution in [2.45, 2.75) is 52.0 Å². The van der Waals surface area contributed by atoms with Gasteiger partial charge in [-0.05, 0) is 82.3 Å². The van der Waals surface area contributed by atoms with Crippen molar-refractivity contribution in [2.75, 3.05) is 39.9 Å². The van der Waals surface area contributed by atoms with Crippen LogP contribution in [0.5, 0.6) is 0 Å². The van der Waals surface area contributed by atoms with Crippen molar-refractivity contribution in [1.29, 1.82) is 0 Å². The fourth-order valence-electron chi connectivity index (χ4n) is 4.73. The van der Waals surface area contributed by atoms with Crippen molar-refractivity contribution >= 4 is 11.8 Å². The standard InChI is InChI=1S/C23H35N3O3/c1-17-4-5-19(16-18(17)2)21(27)26-11-6-20(7-12-26)25-13-8-23(9-14-25,22(24)28)10-15-29-3/h4-5,16,20H,6-15H2,1-3H3,(H2,24,28). The molecule has 0 saturated carbocycles. The number of amides is 2. The normalized spacial score (nSPS) is 20.6. The van der Waals surface area contributed by atoms with Crippen molar-refractivity contribution in [3.05, 3.63) is 34.9 Å². The first-order valence-corrected chi connectivity index (χ1v) is 10.8. The van der Waals surface area contributed by atoms with Gasteiger partial charge in [-0.2, -0.15) is 0 Å². The first-order valence-electron chi connectivity index (χ1n) is 10.8. The molecule has 2 fully saturated rings. The zero-order chi connectivity index (χ0) is 21.0. The van der Waals surface area contributed by atoms with Gasteiger partial charge < -0.3 is 20.3 Å². The Labute approximate surface area is 174 Å². The molecule has 0 unspecified atom stereocenters. The average molecular weight is 402 g/mol. The summed E-state index contributed by atoms with van der Waals surface area (Å²) in [6.45, 7) is 8.05. The highest BCUT2D eigenvalue weighted by atomic mass is 16.5. The Morgan fingerprint density at radius 3 is 2.31 bits per heavy atom. The van der Waals surface area contributed by atoms with Crippen molar-refractivity contribution in [3.63, 3.8) is 0 Å². The van der Waals surface area contributed by atoms with E-state index in [0.29, 0.717) is 19.1 Å². The number of primary amides is 1. The molecule has 2 N–H and O–H groups in total. The molecule has 2 aliphatic heterocycles.